The zero-order valence-corrected chi connectivity index (χ0v) is 19.6. The smallest absolute Gasteiger partial charge is 0.116 e. The van der Waals surface area contributed by atoms with Crippen LogP contribution in [0.1, 0.15) is 12.8 Å². The third kappa shape index (κ3) is 3.64. The number of hydrogen-bond acceptors (Lipinski definition) is 4. The Balaban J connectivity index is 1.28. The van der Waals surface area contributed by atoms with Crippen molar-refractivity contribution < 1.29 is 0 Å². The zero-order chi connectivity index (χ0) is 24.1. The Morgan fingerprint density at radius 1 is 0.833 bits per heavy atom. The summed E-state index contributed by atoms with van der Waals surface area (Å²) in [5.41, 5.74) is 10.4. The maximum Gasteiger partial charge on any atom is 0.116 e. The highest BCUT2D eigenvalue weighted by Gasteiger charge is 2.24. The fourth-order valence-electron chi connectivity index (χ4n) is 4.85. The van der Waals surface area contributed by atoms with Crippen molar-refractivity contribution in [2.24, 2.45) is 5.92 Å². The number of allylic oxidation sites excluding steroid dienone is 1. The van der Waals surface area contributed by atoms with Gasteiger partial charge >= 0.3 is 0 Å². The van der Waals surface area contributed by atoms with Crippen molar-refractivity contribution in [1.29, 1.82) is 0 Å². The lowest BCUT2D eigenvalue weighted by atomic mass is 10.0. The van der Waals surface area contributed by atoms with Gasteiger partial charge in [-0.2, -0.15) is 5.10 Å². The van der Waals surface area contributed by atoms with Gasteiger partial charge in [0.1, 0.15) is 5.69 Å². The van der Waals surface area contributed by atoms with E-state index in [9.17, 15) is 0 Å². The molecule has 6 nitrogen and oxygen atoms in total. The fraction of sp³-hybridized carbons (Fsp3) is 0.100. The normalized spacial score (nSPS) is 13.3. The molecule has 1 aliphatic carbocycles. The van der Waals surface area contributed by atoms with Crippen LogP contribution in [0.25, 0.3) is 55.4 Å². The van der Waals surface area contributed by atoms with E-state index < -0.39 is 0 Å². The minimum atomic E-state index is 0.592. The Morgan fingerprint density at radius 2 is 1.72 bits per heavy atom. The molecular formula is C30H24N6. The molecule has 174 valence electrons. The van der Waals surface area contributed by atoms with Gasteiger partial charge in [-0.1, -0.05) is 24.8 Å². The first kappa shape index (κ1) is 20.6. The average molecular weight is 469 g/mol. The van der Waals surface area contributed by atoms with Gasteiger partial charge in [-0.25, -0.2) is 0 Å². The number of anilines is 1. The lowest BCUT2D eigenvalue weighted by Crippen LogP contribution is -2.00. The van der Waals surface area contributed by atoms with E-state index in [-0.39, 0.29) is 0 Å². The molecule has 0 amide bonds. The summed E-state index contributed by atoms with van der Waals surface area (Å²) < 4.78 is 0. The third-order valence-electron chi connectivity index (χ3n) is 6.92. The summed E-state index contributed by atoms with van der Waals surface area (Å²) in [6.45, 7) is 4.18. The number of aromatic nitrogens is 5. The van der Waals surface area contributed by atoms with E-state index in [1.807, 2.05) is 36.9 Å². The Morgan fingerprint density at radius 3 is 2.58 bits per heavy atom. The maximum atomic E-state index is 4.68. The molecule has 7 rings (SSSR count). The van der Waals surface area contributed by atoms with Gasteiger partial charge in [0.2, 0.25) is 0 Å². The topological polar surface area (TPSA) is 82.3 Å². The number of fused-ring (bicyclic) bond motifs is 2. The van der Waals surface area contributed by atoms with Crippen LogP contribution in [0.15, 0.2) is 97.7 Å². The van der Waals surface area contributed by atoms with Crippen LogP contribution in [0, 0.1) is 5.92 Å². The highest BCUT2D eigenvalue weighted by Crippen LogP contribution is 2.37. The highest BCUT2D eigenvalue weighted by atomic mass is 15.1. The number of pyridine rings is 2. The summed E-state index contributed by atoms with van der Waals surface area (Å²) in [4.78, 5) is 12.2. The largest absolute Gasteiger partial charge is 0.358 e. The molecule has 4 heterocycles. The quantitative estimate of drug-likeness (QED) is 0.242. The van der Waals surface area contributed by atoms with Crippen molar-refractivity contribution in [3.63, 3.8) is 0 Å². The van der Waals surface area contributed by atoms with Gasteiger partial charge in [-0.15, -0.1) is 0 Å². The summed E-state index contributed by atoms with van der Waals surface area (Å²) in [5, 5.41) is 13.5. The van der Waals surface area contributed by atoms with Crippen LogP contribution in [0.4, 0.5) is 5.69 Å². The van der Waals surface area contributed by atoms with Crippen molar-refractivity contribution in [1.82, 2.24) is 25.1 Å². The minimum Gasteiger partial charge on any atom is -0.358 e. The number of hydrogen-bond donors (Lipinski definition) is 3. The van der Waals surface area contributed by atoms with Gasteiger partial charge in [-0.05, 0) is 77.9 Å². The van der Waals surface area contributed by atoms with Crippen LogP contribution >= 0.6 is 0 Å². The van der Waals surface area contributed by atoms with E-state index in [0.717, 1.165) is 61.3 Å². The van der Waals surface area contributed by atoms with Crippen molar-refractivity contribution in [2.45, 2.75) is 12.8 Å². The lowest BCUT2D eigenvalue weighted by molar-refractivity contribution is 1.02. The van der Waals surface area contributed by atoms with E-state index >= 15 is 0 Å². The van der Waals surface area contributed by atoms with Gasteiger partial charge in [0.15, 0.2) is 0 Å². The first-order valence-corrected chi connectivity index (χ1v) is 12.1. The second-order valence-electron chi connectivity index (χ2n) is 9.41. The standard InChI is InChI=1S/C30H24N6/c1-18(19-5-6-19)33-23-13-22(16-32-17-23)21-7-8-28-26(14-21)30(36-35-28)29-15-25-24(3-2-4-27(25)34-29)20-9-11-31-12-10-20/h2-4,7-17,19,33-34H,1,5-6H2,(H,35,36). The first-order chi connectivity index (χ1) is 17.7. The third-order valence-corrected chi connectivity index (χ3v) is 6.92. The number of benzene rings is 2. The van der Waals surface area contributed by atoms with Crippen molar-refractivity contribution in [3.05, 3.63) is 97.7 Å². The molecule has 3 N–H and O–H groups in total. The van der Waals surface area contributed by atoms with E-state index in [1.165, 1.54) is 18.4 Å². The summed E-state index contributed by atoms with van der Waals surface area (Å²) >= 11 is 0. The lowest BCUT2D eigenvalue weighted by Gasteiger charge is -2.10. The Hall–Kier alpha value is -4.71. The highest BCUT2D eigenvalue weighted by molar-refractivity contribution is 6.01. The molecule has 0 bridgehead atoms. The molecular weight excluding hydrogens is 444 g/mol. The molecule has 0 spiro atoms. The van der Waals surface area contributed by atoms with Gasteiger partial charge < -0.3 is 10.3 Å². The van der Waals surface area contributed by atoms with Crippen molar-refractivity contribution in [3.8, 4) is 33.6 Å². The number of aromatic amines is 2. The number of H-pyrrole nitrogens is 2. The summed E-state index contributed by atoms with van der Waals surface area (Å²) in [6.07, 6.45) is 9.84. The van der Waals surface area contributed by atoms with Crippen LogP contribution in [0.5, 0.6) is 0 Å². The van der Waals surface area contributed by atoms with Crippen LogP contribution in [0.2, 0.25) is 0 Å². The average Bonchev–Trinajstić information content (AvgIpc) is 3.55. The molecule has 1 saturated carbocycles. The molecule has 6 heteroatoms. The van der Waals surface area contributed by atoms with E-state index in [2.05, 4.69) is 85.6 Å². The Kier molecular flexibility index (Phi) is 4.70. The van der Waals surface area contributed by atoms with Crippen LogP contribution in [0.3, 0.4) is 0 Å². The van der Waals surface area contributed by atoms with Crippen LogP contribution < -0.4 is 5.32 Å². The molecule has 0 unspecified atom stereocenters. The molecule has 0 radical (unpaired) electrons. The summed E-state index contributed by atoms with van der Waals surface area (Å²) in [6, 6.07) is 21.1. The second kappa shape index (κ2) is 8.20. The number of rotatable bonds is 6. The Labute approximate surface area is 208 Å². The first-order valence-electron chi connectivity index (χ1n) is 12.1. The van der Waals surface area contributed by atoms with Crippen LogP contribution in [-0.2, 0) is 0 Å². The van der Waals surface area contributed by atoms with Crippen molar-refractivity contribution >= 4 is 27.5 Å². The molecule has 0 atom stereocenters. The number of nitrogens with one attached hydrogen (secondary N) is 3. The van der Waals surface area contributed by atoms with E-state index in [1.54, 1.807) is 0 Å². The molecule has 36 heavy (non-hydrogen) atoms. The number of nitrogens with zero attached hydrogens (tertiary/aromatic N) is 3. The summed E-state index contributed by atoms with van der Waals surface area (Å²) in [5.74, 6) is 0.592. The van der Waals surface area contributed by atoms with E-state index in [0.29, 0.717) is 5.92 Å². The fourth-order valence-corrected chi connectivity index (χ4v) is 4.85. The van der Waals surface area contributed by atoms with Crippen molar-refractivity contribution in [2.75, 3.05) is 5.32 Å². The molecule has 6 aromatic rings. The molecule has 1 fully saturated rings. The second-order valence-corrected chi connectivity index (χ2v) is 9.41. The minimum absolute atomic E-state index is 0.592. The monoisotopic (exact) mass is 468 g/mol. The zero-order valence-electron chi connectivity index (χ0n) is 19.6. The van der Waals surface area contributed by atoms with Gasteiger partial charge in [0.05, 0.1) is 23.1 Å². The predicted octanol–water partition coefficient (Wildman–Crippen LogP) is 7.17. The molecule has 0 saturated heterocycles. The van der Waals surface area contributed by atoms with Gasteiger partial charge in [-0.3, -0.25) is 15.1 Å². The summed E-state index contributed by atoms with van der Waals surface area (Å²) in [7, 11) is 0. The molecule has 4 aromatic heterocycles. The van der Waals surface area contributed by atoms with Gasteiger partial charge in [0, 0.05) is 46.1 Å². The maximum absolute atomic E-state index is 4.68. The molecule has 2 aromatic carbocycles. The van der Waals surface area contributed by atoms with Crippen LogP contribution in [-0.4, -0.2) is 25.1 Å². The molecule has 1 aliphatic rings. The van der Waals surface area contributed by atoms with Gasteiger partial charge in [0.25, 0.3) is 0 Å². The molecule has 0 aliphatic heterocycles. The predicted molar refractivity (Wildman–Crippen MR) is 145 cm³/mol. The Bertz CT molecular complexity index is 1740. The SMILES string of the molecule is C=C(Nc1cncc(-c2ccc3[nH]nc(-c4cc5c(-c6ccncc6)cccc5[nH]4)c3c2)c1)C1CC1. The van der Waals surface area contributed by atoms with E-state index in [4.69, 9.17) is 0 Å².